The lowest BCUT2D eigenvalue weighted by molar-refractivity contribution is -0.119. The van der Waals surface area contributed by atoms with Gasteiger partial charge in [0.1, 0.15) is 5.75 Å². The predicted octanol–water partition coefficient (Wildman–Crippen LogP) is 1.53. The number of rotatable bonds is 5. The molecule has 5 heteroatoms. The van der Waals surface area contributed by atoms with Crippen LogP contribution in [-0.2, 0) is 9.53 Å². The second-order valence-electron chi connectivity index (χ2n) is 4.66. The Morgan fingerprint density at radius 2 is 2.11 bits per heavy atom. The van der Waals surface area contributed by atoms with Gasteiger partial charge in [-0.25, -0.2) is 0 Å². The van der Waals surface area contributed by atoms with Crippen LogP contribution in [0.5, 0.6) is 5.75 Å². The summed E-state index contributed by atoms with van der Waals surface area (Å²) in [4.78, 5) is 10.6. The highest BCUT2D eigenvalue weighted by atomic mass is 16.5. The van der Waals surface area contributed by atoms with Crippen LogP contribution in [0.4, 0.5) is 5.69 Å². The van der Waals surface area contributed by atoms with Gasteiger partial charge in [0.25, 0.3) is 5.91 Å². The molecule has 3 N–H and O–H groups in total. The second kappa shape index (κ2) is 6.99. The molecule has 0 aromatic heterocycles. The fourth-order valence-corrected chi connectivity index (χ4v) is 2.09. The van der Waals surface area contributed by atoms with Crippen LogP contribution in [-0.4, -0.2) is 31.8 Å². The number of carbonyl (C=O) groups is 1. The molecule has 1 unspecified atom stereocenters. The van der Waals surface area contributed by atoms with E-state index in [1.165, 1.54) is 0 Å². The highest BCUT2D eigenvalue weighted by Crippen LogP contribution is 2.19. The van der Waals surface area contributed by atoms with Crippen LogP contribution < -0.4 is 15.8 Å². The zero-order valence-corrected chi connectivity index (χ0v) is 10.9. The maximum atomic E-state index is 10.6. The Morgan fingerprint density at radius 3 is 2.84 bits per heavy atom. The molecule has 1 heterocycles. The first-order valence-electron chi connectivity index (χ1n) is 6.59. The van der Waals surface area contributed by atoms with E-state index in [1.807, 2.05) is 24.3 Å². The van der Waals surface area contributed by atoms with Crippen molar-refractivity contribution in [2.24, 2.45) is 5.73 Å². The first kappa shape index (κ1) is 13.7. The molecule has 0 bridgehead atoms. The Bertz CT molecular complexity index is 398. The summed E-state index contributed by atoms with van der Waals surface area (Å²) >= 11 is 0. The Balaban J connectivity index is 1.85. The lowest BCUT2D eigenvalue weighted by Gasteiger charge is -2.17. The molecule has 2 rings (SSSR count). The van der Waals surface area contributed by atoms with Crippen molar-refractivity contribution in [2.75, 3.05) is 25.1 Å². The molecule has 1 aromatic rings. The van der Waals surface area contributed by atoms with Gasteiger partial charge in [-0.1, -0.05) is 0 Å². The minimum atomic E-state index is -0.472. The zero-order chi connectivity index (χ0) is 13.5. The third kappa shape index (κ3) is 4.79. The highest BCUT2D eigenvalue weighted by Gasteiger charge is 2.11. The van der Waals surface area contributed by atoms with E-state index in [2.05, 4.69) is 5.32 Å². The summed E-state index contributed by atoms with van der Waals surface area (Å²) in [5.74, 6) is 0.175. The van der Waals surface area contributed by atoms with Gasteiger partial charge in [-0.3, -0.25) is 4.79 Å². The summed E-state index contributed by atoms with van der Waals surface area (Å²) in [6, 6.07) is 8.01. The van der Waals surface area contributed by atoms with Gasteiger partial charge in [0, 0.05) is 24.9 Å². The molecule has 0 aliphatic carbocycles. The summed E-state index contributed by atoms with van der Waals surface area (Å²) in [7, 11) is 0. The van der Waals surface area contributed by atoms with E-state index in [0.717, 1.165) is 38.2 Å². The number of hydrogen-bond acceptors (Lipinski definition) is 4. The van der Waals surface area contributed by atoms with Crippen LogP contribution in [0.3, 0.4) is 0 Å². The second-order valence-corrected chi connectivity index (χ2v) is 4.66. The average Bonchev–Trinajstić information content (AvgIpc) is 2.66. The van der Waals surface area contributed by atoms with Crippen molar-refractivity contribution >= 4 is 11.6 Å². The molecule has 0 spiro atoms. The average molecular weight is 264 g/mol. The molecule has 0 radical (unpaired) electrons. The van der Waals surface area contributed by atoms with E-state index in [9.17, 15) is 4.79 Å². The first-order valence-corrected chi connectivity index (χ1v) is 6.59. The van der Waals surface area contributed by atoms with Crippen LogP contribution in [0, 0.1) is 0 Å². The highest BCUT2D eigenvalue weighted by molar-refractivity contribution is 5.75. The van der Waals surface area contributed by atoms with Crippen LogP contribution in [0.1, 0.15) is 19.3 Å². The number of hydrogen-bond donors (Lipinski definition) is 2. The largest absolute Gasteiger partial charge is 0.484 e. The molecular weight excluding hydrogens is 244 g/mol. The normalized spacial score (nSPS) is 19.5. The quantitative estimate of drug-likeness (QED) is 0.846. The van der Waals surface area contributed by atoms with Gasteiger partial charge in [0.2, 0.25) is 0 Å². The van der Waals surface area contributed by atoms with E-state index < -0.39 is 5.91 Å². The zero-order valence-electron chi connectivity index (χ0n) is 10.9. The monoisotopic (exact) mass is 264 g/mol. The smallest absolute Gasteiger partial charge is 0.255 e. The maximum Gasteiger partial charge on any atom is 0.255 e. The lowest BCUT2D eigenvalue weighted by atomic mass is 10.1. The van der Waals surface area contributed by atoms with Crippen molar-refractivity contribution in [1.29, 1.82) is 0 Å². The molecule has 1 aromatic carbocycles. The fraction of sp³-hybridized carbons (Fsp3) is 0.500. The van der Waals surface area contributed by atoms with Crippen LogP contribution in [0.15, 0.2) is 24.3 Å². The molecule has 1 aliphatic rings. The van der Waals surface area contributed by atoms with E-state index in [0.29, 0.717) is 11.8 Å². The van der Waals surface area contributed by atoms with Crippen LogP contribution in [0.25, 0.3) is 0 Å². The van der Waals surface area contributed by atoms with Gasteiger partial charge in [-0.15, -0.1) is 0 Å². The Kier molecular flexibility index (Phi) is 5.03. The molecular formula is C14H20N2O3. The topological polar surface area (TPSA) is 73.6 Å². The van der Waals surface area contributed by atoms with Crippen molar-refractivity contribution in [3.63, 3.8) is 0 Å². The number of primary amides is 1. The minimum Gasteiger partial charge on any atom is -0.484 e. The molecule has 1 fully saturated rings. The van der Waals surface area contributed by atoms with Crippen molar-refractivity contribution in [3.05, 3.63) is 24.3 Å². The van der Waals surface area contributed by atoms with Crippen molar-refractivity contribution in [2.45, 2.75) is 25.3 Å². The number of benzene rings is 1. The molecule has 0 saturated carbocycles. The summed E-state index contributed by atoms with van der Waals surface area (Å²) in [5, 5.41) is 3.49. The minimum absolute atomic E-state index is 0.0905. The third-order valence-corrected chi connectivity index (χ3v) is 3.06. The van der Waals surface area contributed by atoms with Crippen molar-refractivity contribution in [1.82, 2.24) is 0 Å². The van der Waals surface area contributed by atoms with E-state index in [4.69, 9.17) is 15.2 Å². The molecule has 5 nitrogen and oxygen atoms in total. The van der Waals surface area contributed by atoms with Crippen molar-refractivity contribution in [3.8, 4) is 5.75 Å². The third-order valence-electron chi connectivity index (χ3n) is 3.06. The van der Waals surface area contributed by atoms with Crippen LogP contribution in [0.2, 0.25) is 0 Å². The molecule has 19 heavy (non-hydrogen) atoms. The van der Waals surface area contributed by atoms with Gasteiger partial charge >= 0.3 is 0 Å². The van der Waals surface area contributed by atoms with Gasteiger partial charge in [0.05, 0.1) is 0 Å². The van der Waals surface area contributed by atoms with Gasteiger partial charge in [-0.2, -0.15) is 0 Å². The molecule has 104 valence electrons. The molecule has 1 atom stereocenters. The number of amides is 1. The van der Waals surface area contributed by atoms with Gasteiger partial charge in [0.15, 0.2) is 6.61 Å². The van der Waals surface area contributed by atoms with E-state index in [1.54, 1.807) is 0 Å². The number of nitrogens with two attached hydrogens (primary N) is 1. The summed E-state index contributed by atoms with van der Waals surface area (Å²) in [6.45, 7) is 1.59. The number of anilines is 1. The Hall–Kier alpha value is -1.75. The van der Waals surface area contributed by atoms with E-state index in [-0.39, 0.29) is 6.61 Å². The molecule has 1 amide bonds. The fourth-order valence-electron chi connectivity index (χ4n) is 2.09. The SMILES string of the molecule is NC(=O)COc1ccc(NC2CCCOCC2)cc1. The molecule has 1 saturated heterocycles. The Morgan fingerprint density at radius 1 is 1.32 bits per heavy atom. The first-order chi connectivity index (χ1) is 9.24. The lowest BCUT2D eigenvalue weighted by Crippen LogP contribution is -2.20. The van der Waals surface area contributed by atoms with Gasteiger partial charge < -0.3 is 20.5 Å². The number of nitrogens with one attached hydrogen (secondary N) is 1. The summed E-state index contributed by atoms with van der Waals surface area (Å²) in [5.41, 5.74) is 6.07. The predicted molar refractivity (Wildman–Crippen MR) is 73.2 cm³/mol. The Labute approximate surface area is 113 Å². The number of ether oxygens (including phenoxy) is 2. The van der Waals surface area contributed by atoms with E-state index >= 15 is 0 Å². The maximum absolute atomic E-state index is 10.6. The van der Waals surface area contributed by atoms with Crippen molar-refractivity contribution < 1.29 is 14.3 Å². The standard InChI is InChI=1S/C14H20N2O3/c15-14(17)10-19-13-5-3-12(4-6-13)16-11-2-1-8-18-9-7-11/h3-6,11,16H,1-2,7-10H2,(H2,15,17). The van der Waals surface area contributed by atoms with Crippen LogP contribution >= 0.6 is 0 Å². The summed E-state index contributed by atoms with van der Waals surface area (Å²) < 4.78 is 10.6. The number of carbonyl (C=O) groups excluding carboxylic acids is 1. The van der Waals surface area contributed by atoms with Gasteiger partial charge in [-0.05, 0) is 43.5 Å². The summed E-state index contributed by atoms with van der Waals surface area (Å²) in [6.07, 6.45) is 3.25. The molecule has 1 aliphatic heterocycles.